The van der Waals surface area contributed by atoms with Crippen LogP contribution in [0, 0.1) is 5.92 Å². The molecule has 7 nitrogen and oxygen atoms in total. The Morgan fingerprint density at radius 2 is 2.00 bits per heavy atom. The van der Waals surface area contributed by atoms with Crippen molar-refractivity contribution in [2.24, 2.45) is 5.92 Å². The van der Waals surface area contributed by atoms with Crippen LogP contribution in [0.3, 0.4) is 0 Å². The molecule has 166 valence electrons. The summed E-state index contributed by atoms with van der Waals surface area (Å²) in [6.45, 7) is 9.33. The van der Waals surface area contributed by atoms with Crippen LogP contribution in [0.5, 0.6) is 5.88 Å². The Morgan fingerprint density at radius 1 is 1.25 bits per heavy atom. The first-order chi connectivity index (χ1) is 15.6. The average Bonchev–Trinajstić information content (AvgIpc) is 3.50. The van der Waals surface area contributed by atoms with Gasteiger partial charge in [0.1, 0.15) is 12.4 Å². The van der Waals surface area contributed by atoms with Crippen molar-refractivity contribution in [1.29, 1.82) is 0 Å². The molecule has 32 heavy (non-hydrogen) atoms. The zero-order chi connectivity index (χ0) is 22.3. The molecule has 1 spiro atoms. The summed E-state index contributed by atoms with van der Waals surface area (Å²) in [6.07, 6.45) is 6.13. The van der Waals surface area contributed by atoms with Gasteiger partial charge in [0.05, 0.1) is 19.3 Å². The molecular weight excluding hydrogens is 408 g/mol. The van der Waals surface area contributed by atoms with Gasteiger partial charge in [-0.3, -0.25) is 9.69 Å². The van der Waals surface area contributed by atoms with Crippen LogP contribution in [0.4, 0.5) is 0 Å². The number of hydrogen-bond acceptors (Lipinski definition) is 6. The van der Waals surface area contributed by atoms with Crippen LogP contribution in [0.25, 0.3) is 0 Å². The van der Waals surface area contributed by atoms with Crippen LogP contribution in [0.15, 0.2) is 72.0 Å². The number of carbonyl (C=O) groups is 1. The molecule has 4 atom stereocenters. The number of Topliss-reactive ketones (excluding diaryl/α,β-unsaturated/α-hetero) is 1. The molecular formula is C25H27N2O5+. The zero-order valence-electron chi connectivity index (χ0n) is 18.1. The van der Waals surface area contributed by atoms with E-state index < -0.39 is 5.60 Å². The summed E-state index contributed by atoms with van der Waals surface area (Å²) >= 11 is 0. The maximum Gasteiger partial charge on any atom is 0.424 e. The van der Waals surface area contributed by atoms with E-state index in [2.05, 4.69) is 23.2 Å². The molecule has 1 saturated heterocycles. The molecule has 1 unspecified atom stereocenters. The van der Waals surface area contributed by atoms with E-state index in [1.807, 2.05) is 48.6 Å². The van der Waals surface area contributed by atoms with Crippen LogP contribution in [0.2, 0.25) is 0 Å². The number of benzene rings is 1. The van der Waals surface area contributed by atoms with Crippen LogP contribution in [0.1, 0.15) is 34.1 Å². The average molecular weight is 436 g/mol. The summed E-state index contributed by atoms with van der Waals surface area (Å²) < 4.78 is 23.9. The third kappa shape index (κ3) is 2.96. The largest absolute Gasteiger partial charge is 0.498 e. The fourth-order valence-electron chi connectivity index (χ4n) is 5.32. The first-order valence-corrected chi connectivity index (χ1v) is 10.8. The van der Waals surface area contributed by atoms with Crippen molar-refractivity contribution in [3.05, 3.63) is 84.4 Å². The monoisotopic (exact) mass is 435 g/mol. The summed E-state index contributed by atoms with van der Waals surface area (Å²) in [7, 11) is 1.58. The molecule has 3 heterocycles. The van der Waals surface area contributed by atoms with E-state index in [1.54, 1.807) is 7.11 Å². The number of aromatic nitrogens is 1. The van der Waals surface area contributed by atoms with Gasteiger partial charge in [0.2, 0.25) is 11.5 Å². The molecule has 3 aliphatic rings. The molecule has 2 bridgehead atoms. The van der Waals surface area contributed by atoms with Crippen molar-refractivity contribution in [2.75, 3.05) is 20.2 Å². The normalized spacial score (nSPS) is 27.6. The molecule has 1 fully saturated rings. The summed E-state index contributed by atoms with van der Waals surface area (Å²) in [5.74, 6) is 1.08. The summed E-state index contributed by atoms with van der Waals surface area (Å²) in [4.78, 5) is 16.1. The van der Waals surface area contributed by atoms with E-state index in [1.165, 1.54) is 0 Å². The van der Waals surface area contributed by atoms with Crippen LogP contribution < -0.4 is 9.89 Å². The van der Waals surface area contributed by atoms with Crippen molar-refractivity contribution in [2.45, 2.75) is 30.8 Å². The SMILES string of the molecule is C=CCN(CC=C)[C@@H]1c2o[nH+]c(OCc3ccccc3)c2C(=O)[C@@]23O[C@@H](C=C2OC)CC13. The Kier molecular flexibility index (Phi) is 5.23. The molecule has 0 saturated carbocycles. The second kappa shape index (κ2) is 8.07. The van der Waals surface area contributed by atoms with Gasteiger partial charge < -0.3 is 14.2 Å². The Balaban J connectivity index is 1.59. The minimum atomic E-state index is -1.18. The molecule has 2 aromatic rings. The quantitative estimate of drug-likeness (QED) is 0.563. The lowest BCUT2D eigenvalue weighted by molar-refractivity contribution is -0.617. The topological polar surface area (TPSA) is 75.3 Å². The predicted molar refractivity (Wildman–Crippen MR) is 116 cm³/mol. The smallest absolute Gasteiger partial charge is 0.424 e. The maximum absolute atomic E-state index is 14.0. The van der Waals surface area contributed by atoms with Gasteiger partial charge in [0, 0.05) is 24.2 Å². The number of aromatic amines is 1. The zero-order valence-corrected chi connectivity index (χ0v) is 18.1. The molecule has 0 radical (unpaired) electrons. The fourth-order valence-corrected chi connectivity index (χ4v) is 5.32. The lowest BCUT2D eigenvalue weighted by atomic mass is 9.67. The maximum atomic E-state index is 14.0. The summed E-state index contributed by atoms with van der Waals surface area (Å²) in [5, 5.41) is 2.85. The van der Waals surface area contributed by atoms with Crippen LogP contribution >= 0.6 is 0 Å². The van der Waals surface area contributed by atoms with E-state index in [9.17, 15) is 4.79 Å². The molecule has 1 aliphatic carbocycles. The van der Waals surface area contributed by atoms with Crippen LogP contribution in [-0.4, -0.2) is 42.6 Å². The molecule has 2 aliphatic heterocycles. The highest BCUT2D eigenvalue weighted by Crippen LogP contribution is 2.59. The number of carbonyl (C=O) groups excluding carboxylic acids is 1. The van der Waals surface area contributed by atoms with Crippen molar-refractivity contribution in [1.82, 2.24) is 4.90 Å². The highest BCUT2D eigenvalue weighted by atomic mass is 16.6. The van der Waals surface area contributed by atoms with Crippen molar-refractivity contribution in [3.8, 4) is 5.88 Å². The van der Waals surface area contributed by atoms with Gasteiger partial charge in [0.25, 0.3) is 0 Å². The minimum absolute atomic E-state index is 0.158. The molecule has 5 rings (SSSR count). The molecule has 1 aromatic carbocycles. The van der Waals surface area contributed by atoms with E-state index in [0.29, 0.717) is 49.1 Å². The first kappa shape index (κ1) is 20.7. The Morgan fingerprint density at radius 3 is 2.69 bits per heavy atom. The highest BCUT2D eigenvalue weighted by molar-refractivity contribution is 6.08. The standard InChI is InChI=1S/C25H26N2O5/c1-4-11-27(12-5-2)21-18-13-17-14-19(29-3)25(18,31-17)23(28)20-22(21)32-26-24(20)30-15-16-9-7-6-8-10-16/h4-10,14,17-18,21H,1-2,11-13,15H2,3H3/p+1/t17-,18?,21+,25+/m1/s1. The highest BCUT2D eigenvalue weighted by Gasteiger charge is 2.69. The number of H-pyrrole nitrogens is 1. The lowest BCUT2D eigenvalue weighted by Gasteiger charge is -2.43. The Labute approximate surface area is 186 Å². The Hall–Kier alpha value is -3.16. The minimum Gasteiger partial charge on any atom is -0.498 e. The van der Waals surface area contributed by atoms with E-state index >= 15 is 0 Å². The van der Waals surface area contributed by atoms with Gasteiger partial charge in [-0.25, -0.2) is 4.52 Å². The van der Waals surface area contributed by atoms with Gasteiger partial charge >= 0.3 is 5.88 Å². The number of rotatable bonds is 9. The van der Waals surface area contributed by atoms with Crippen molar-refractivity contribution < 1.29 is 28.7 Å². The fraction of sp³-hybridized carbons (Fsp3) is 0.360. The van der Waals surface area contributed by atoms with Gasteiger partial charge in [0.15, 0.2) is 11.2 Å². The second-order valence-corrected chi connectivity index (χ2v) is 8.32. The first-order valence-electron chi connectivity index (χ1n) is 10.8. The number of hydrogen-bond donors (Lipinski definition) is 0. The van der Waals surface area contributed by atoms with Crippen LogP contribution in [-0.2, 0) is 16.1 Å². The molecule has 7 heteroatoms. The number of ether oxygens (including phenoxy) is 3. The number of fused-ring (bicyclic) bond motifs is 2. The second-order valence-electron chi connectivity index (χ2n) is 8.32. The molecule has 1 N–H and O–H groups in total. The third-order valence-corrected chi connectivity index (χ3v) is 6.56. The summed E-state index contributed by atoms with van der Waals surface area (Å²) in [6, 6.07) is 9.54. The van der Waals surface area contributed by atoms with Gasteiger partial charge in [-0.05, 0) is 18.1 Å². The molecule has 1 aromatic heterocycles. The third-order valence-electron chi connectivity index (χ3n) is 6.56. The number of ketones is 1. The van der Waals surface area contributed by atoms with Gasteiger partial charge in [-0.15, -0.1) is 13.2 Å². The predicted octanol–water partition coefficient (Wildman–Crippen LogP) is 3.27. The number of methoxy groups -OCH3 is 1. The van der Waals surface area contributed by atoms with E-state index in [4.69, 9.17) is 18.7 Å². The van der Waals surface area contributed by atoms with Gasteiger partial charge in [-0.1, -0.05) is 42.5 Å². The molecule has 0 amide bonds. The van der Waals surface area contributed by atoms with E-state index in [0.717, 1.165) is 5.56 Å². The van der Waals surface area contributed by atoms with Gasteiger partial charge in [-0.2, -0.15) is 0 Å². The van der Waals surface area contributed by atoms with Crippen molar-refractivity contribution in [3.63, 3.8) is 0 Å². The summed E-state index contributed by atoms with van der Waals surface area (Å²) in [5.41, 5.74) is 0.188. The van der Waals surface area contributed by atoms with E-state index in [-0.39, 0.29) is 23.8 Å². The lowest BCUT2D eigenvalue weighted by Crippen LogP contribution is -2.54. The van der Waals surface area contributed by atoms with Crippen molar-refractivity contribution >= 4 is 5.78 Å². The Bertz CT molecular complexity index is 1070. The number of nitrogens with zero attached hydrogens (tertiary/aromatic N) is 1. The number of nitrogens with one attached hydrogen (secondary N) is 1.